The molecule has 2 fully saturated rings. The van der Waals surface area contributed by atoms with Crippen LogP contribution in [-0.2, 0) is 4.74 Å². The molecule has 110 valence electrons. The highest BCUT2D eigenvalue weighted by molar-refractivity contribution is 7.08. The predicted octanol–water partition coefficient (Wildman–Crippen LogP) is 2.12. The molecule has 1 spiro atoms. The molecular formula is C15H22N2O2S. The summed E-state index contributed by atoms with van der Waals surface area (Å²) in [5.41, 5.74) is 0.797. The second kappa shape index (κ2) is 5.84. The number of thiophene rings is 1. The lowest BCUT2D eigenvalue weighted by molar-refractivity contribution is -0.117. The van der Waals surface area contributed by atoms with Crippen molar-refractivity contribution in [1.29, 1.82) is 0 Å². The summed E-state index contributed by atoms with van der Waals surface area (Å²) >= 11 is 1.55. The maximum absolute atomic E-state index is 11.9. The first-order valence-corrected chi connectivity index (χ1v) is 8.28. The molecule has 2 saturated heterocycles. The van der Waals surface area contributed by atoms with Gasteiger partial charge in [0.2, 0.25) is 0 Å². The average molecular weight is 294 g/mol. The number of ether oxygens (including phenoxy) is 1. The molecule has 20 heavy (non-hydrogen) atoms. The highest BCUT2D eigenvalue weighted by Gasteiger charge is 2.41. The van der Waals surface area contributed by atoms with Gasteiger partial charge in [-0.1, -0.05) is 0 Å². The number of hydrogen-bond acceptors (Lipinski definition) is 4. The largest absolute Gasteiger partial charge is 0.369 e. The van der Waals surface area contributed by atoms with Crippen LogP contribution in [0.4, 0.5) is 0 Å². The first-order valence-electron chi connectivity index (χ1n) is 7.34. The van der Waals surface area contributed by atoms with Gasteiger partial charge in [0.25, 0.3) is 5.91 Å². The first kappa shape index (κ1) is 14.0. The zero-order chi connectivity index (χ0) is 14.0. The fourth-order valence-electron chi connectivity index (χ4n) is 3.31. The fourth-order valence-corrected chi connectivity index (χ4v) is 3.95. The number of nitrogens with one attached hydrogen (secondary N) is 1. The molecule has 1 aromatic heterocycles. The molecule has 0 unspecified atom stereocenters. The van der Waals surface area contributed by atoms with Crippen molar-refractivity contribution in [2.45, 2.75) is 37.4 Å². The zero-order valence-corrected chi connectivity index (χ0v) is 12.7. The minimum Gasteiger partial charge on any atom is -0.369 e. The third-order valence-corrected chi connectivity index (χ3v) is 5.04. The topological polar surface area (TPSA) is 41.6 Å². The molecule has 0 aromatic carbocycles. The van der Waals surface area contributed by atoms with Crippen LogP contribution in [-0.4, -0.2) is 49.2 Å². The molecular weight excluding hydrogens is 272 g/mol. The lowest BCUT2D eigenvalue weighted by atomic mass is 9.90. The van der Waals surface area contributed by atoms with Gasteiger partial charge < -0.3 is 15.0 Å². The number of carbonyl (C=O) groups excluding carboxylic acids is 1. The Morgan fingerprint density at radius 2 is 2.50 bits per heavy atom. The summed E-state index contributed by atoms with van der Waals surface area (Å²) < 4.78 is 6.32. The maximum Gasteiger partial charge on any atom is 0.252 e. The molecule has 2 atom stereocenters. The van der Waals surface area contributed by atoms with Crippen LogP contribution in [0.3, 0.4) is 0 Å². The molecule has 0 bridgehead atoms. The molecule has 4 nitrogen and oxygen atoms in total. The quantitative estimate of drug-likeness (QED) is 0.928. The number of hydrogen-bond donors (Lipinski definition) is 1. The van der Waals surface area contributed by atoms with Crippen molar-refractivity contribution in [2.75, 3.05) is 26.7 Å². The number of likely N-dealkylation sites (N-methyl/N-ethyl adjacent to an activating group) is 1. The normalized spacial score (nSPS) is 30.8. The van der Waals surface area contributed by atoms with Crippen molar-refractivity contribution in [3.63, 3.8) is 0 Å². The standard InChI is InChI=1S/C15H22N2O2S/c1-17-7-6-15(11-17)5-2-3-13(19-15)9-16-14(18)12-4-8-20-10-12/h4,8,10,13H,2-3,5-7,9,11H2,1H3,(H,16,18)/t13-,15+/m0/s1. The van der Waals surface area contributed by atoms with E-state index in [2.05, 4.69) is 17.3 Å². The van der Waals surface area contributed by atoms with Gasteiger partial charge >= 0.3 is 0 Å². The van der Waals surface area contributed by atoms with E-state index in [9.17, 15) is 4.79 Å². The molecule has 1 amide bonds. The molecule has 0 radical (unpaired) electrons. The van der Waals surface area contributed by atoms with Crippen molar-refractivity contribution in [3.8, 4) is 0 Å². The van der Waals surface area contributed by atoms with E-state index in [1.54, 1.807) is 11.3 Å². The summed E-state index contributed by atoms with van der Waals surface area (Å²) in [4.78, 5) is 14.3. The second-order valence-corrected chi connectivity index (χ2v) is 6.80. The summed E-state index contributed by atoms with van der Waals surface area (Å²) in [7, 11) is 2.15. The molecule has 0 saturated carbocycles. The summed E-state index contributed by atoms with van der Waals surface area (Å²) in [6.07, 6.45) is 4.70. The highest BCUT2D eigenvalue weighted by atomic mass is 32.1. The smallest absolute Gasteiger partial charge is 0.252 e. The third-order valence-electron chi connectivity index (χ3n) is 4.36. The number of rotatable bonds is 3. The zero-order valence-electron chi connectivity index (χ0n) is 11.9. The van der Waals surface area contributed by atoms with Crippen LogP contribution in [0.1, 0.15) is 36.0 Å². The van der Waals surface area contributed by atoms with E-state index in [0.717, 1.165) is 37.9 Å². The van der Waals surface area contributed by atoms with Gasteiger partial charge in [-0.25, -0.2) is 0 Å². The Hall–Kier alpha value is -0.910. The Balaban J connectivity index is 1.52. The van der Waals surface area contributed by atoms with Gasteiger partial charge in [0, 0.05) is 30.6 Å². The van der Waals surface area contributed by atoms with Crippen LogP contribution in [0.25, 0.3) is 0 Å². The van der Waals surface area contributed by atoms with Crippen LogP contribution < -0.4 is 5.32 Å². The van der Waals surface area contributed by atoms with Gasteiger partial charge in [-0.05, 0) is 44.2 Å². The Kier molecular flexibility index (Phi) is 4.10. The van der Waals surface area contributed by atoms with Crippen LogP contribution in [0, 0.1) is 0 Å². The summed E-state index contributed by atoms with van der Waals surface area (Å²) in [5, 5.41) is 6.81. The molecule has 5 heteroatoms. The Morgan fingerprint density at radius 3 is 3.20 bits per heavy atom. The van der Waals surface area contributed by atoms with Crippen LogP contribution in [0.15, 0.2) is 16.8 Å². The summed E-state index contributed by atoms with van der Waals surface area (Å²) in [5.74, 6) is 0.0120. The summed E-state index contributed by atoms with van der Waals surface area (Å²) in [6, 6.07) is 1.86. The summed E-state index contributed by atoms with van der Waals surface area (Å²) in [6.45, 7) is 2.77. The van der Waals surface area contributed by atoms with E-state index in [4.69, 9.17) is 4.74 Å². The van der Waals surface area contributed by atoms with Gasteiger partial charge in [0.1, 0.15) is 0 Å². The van der Waals surface area contributed by atoms with E-state index in [0.29, 0.717) is 6.54 Å². The fraction of sp³-hybridized carbons (Fsp3) is 0.667. The van der Waals surface area contributed by atoms with Gasteiger partial charge in [0.05, 0.1) is 11.7 Å². The Bertz CT molecular complexity index is 458. The van der Waals surface area contributed by atoms with Crippen molar-refractivity contribution in [1.82, 2.24) is 10.2 Å². The first-order chi connectivity index (χ1) is 9.67. The predicted molar refractivity (Wildman–Crippen MR) is 80.2 cm³/mol. The Morgan fingerprint density at radius 1 is 1.60 bits per heavy atom. The average Bonchev–Trinajstić information content (AvgIpc) is 3.07. The maximum atomic E-state index is 11.9. The molecule has 3 rings (SSSR count). The molecule has 0 aliphatic carbocycles. The van der Waals surface area contributed by atoms with Gasteiger partial charge in [-0.3, -0.25) is 4.79 Å². The molecule has 3 heterocycles. The van der Waals surface area contributed by atoms with E-state index in [-0.39, 0.29) is 17.6 Å². The molecule has 1 N–H and O–H groups in total. The SMILES string of the molecule is CN1CC[C@]2(CCC[C@@H](CNC(=O)c3ccsc3)O2)C1. The Labute approximate surface area is 124 Å². The lowest BCUT2D eigenvalue weighted by Gasteiger charge is -2.38. The van der Waals surface area contributed by atoms with Crippen molar-refractivity contribution in [3.05, 3.63) is 22.4 Å². The van der Waals surface area contributed by atoms with Crippen molar-refractivity contribution >= 4 is 17.2 Å². The van der Waals surface area contributed by atoms with Gasteiger partial charge in [-0.15, -0.1) is 0 Å². The van der Waals surface area contributed by atoms with Crippen LogP contribution >= 0.6 is 11.3 Å². The number of likely N-dealkylation sites (tertiary alicyclic amines) is 1. The van der Waals surface area contributed by atoms with E-state index in [1.807, 2.05) is 16.8 Å². The molecule has 2 aliphatic rings. The number of carbonyl (C=O) groups is 1. The highest BCUT2D eigenvalue weighted by Crippen LogP contribution is 2.35. The second-order valence-electron chi connectivity index (χ2n) is 6.02. The lowest BCUT2D eigenvalue weighted by Crippen LogP contribution is -2.46. The molecule has 1 aromatic rings. The third kappa shape index (κ3) is 3.05. The van der Waals surface area contributed by atoms with Crippen molar-refractivity contribution in [2.24, 2.45) is 0 Å². The van der Waals surface area contributed by atoms with Crippen molar-refractivity contribution < 1.29 is 9.53 Å². The van der Waals surface area contributed by atoms with Crippen LogP contribution in [0.5, 0.6) is 0 Å². The molecule has 2 aliphatic heterocycles. The van der Waals surface area contributed by atoms with Crippen LogP contribution in [0.2, 0.25) is 0 Å². The number of nitrogens with zero attached hydrogens (tertiary/aromatic N) is 1. The number of amides is 1. The minimum absolute atomic E-state index is 0.0120. The monoisotopic (exact) mass is 294 g/mol. The van der Waals surface area contributed by atoms with Gasteiger partial charge in [-0.2, -0.15) is 11.3 Å². The van der Waals surface area contributed by atoms with Gasteiger partial charge in [0.15, 0.2) is 0 Å². The van der Waals surface area contributed by atoms with E-state index >= 15 is 0 Å². The minimum atomic E-state index is 0.0120. The van der Waals surface area contributed by atoms with E-state index in [1.165, 1.54) is 6.42 Å². The van der Waals surface area contributed by atoms with E-state index < -0.39 is 0 Å².